The van der Waals surface area contributed by atoms with Gasteiger partial charge in [0.15, 0.2) is 11.5 Å². The molecule has 2 aromatic carbocycles. The second-order valence-corrected chi connectivity index (χ2v) is 5.37. The van der Waals surface area contributed by atoms with E-state index in [0.717, 1.165) is 35.2 Å². The smallest absolute Gasteiger partial charge is 0.231 e. The van der Waals surface area contributed by atoms with Crippen molar-refractivity contribution in [3.05, 3.63) is 42.5 Å². The number of nitrogens with zero attached hydrogens (tertiary/aromatic N) is 1. The third kappa shape index (κ3) is 3.62. The Morgan fingerprint density at radius 2 is 1.73 bits per heavy atom. The lowest BCUT2D eigenvalue weighted by Crippen LogP contribution is -2.19. The van der Waals surface area contributed by atoms with Crippen LogP contribution in [0.2, 0.25) is 0 Å². The Hall–Kier alpha value is -2.40. The van der Waals surface area contributed by atoms with Gasteiger partial charge in [-0.1, -0.05) is 0 Å². The SMILES string of the molecule is CN(C)CCOc1ccc(Nc2ccc3c(c2)OCO3)cc1. The molecule has 0 amide bonds. The Labute approximate surface area is 130 Å². The molecule has 1 aliphatic rings. The van der Waals surface area contributed by atoms with Crippen molar-refractivity contribution in [2.75, 3.05) is 39.4 Å². The van der Waals surface area contributed by atoms with Crippen LogP contribution in [0.3, 0.4) is 0 Å². The summed E-state index contributed by atoms with van der Waals surface area (Å²) in [4.78, 5) is 2.09. The van der Waals surface area contributed by atoms with Gasteiger partial charge in [0, 0.05) is 24.0 Å². The largest absolute Gasteiger partial charge is 0.492 e. The van der Waals surface area contributed by atoms with Crippen LogP contribution in [0.4, 0.5) is 11.4 Å². The molecule has 5 heteroatoms. The molecule has 22 heavy (non-hydrogen) atoms. The summed E-state index contributed by atoms with van der Waals surface area (Å²) in [7, 11) is 4.06. The lowest BCUT2D eigenvalue weighted by molar-refractivity contribution is 0.174. The fourth-order valence-corrected chi connectivity index (χ4v) is 2.12. The molecule has 0 radical (unpaired) electrons. The first-order valence-corrected chi connectivity index (χ1v) is 7.25. The number of nitrogens with one attached hydrogen (secondary N) is 1. The molecule has 0 unspecified atom stereocenters. The fraction of sp³-hybridized carbons (Fsp3) is 0.294. The van der Waals surface area contributed by atoms with Crippen molar-refractivity contribution in [3.63, 3.8) is 0 Å². The maximum Gasteiger partial charge on any atom is 0.231 e. The monoisotopic (exact) mass is 300 g/mol. The molecule has 1 aliphatic heterocycles. The lowest BCUT2D eigenvalue weighted by Gasteiger charge is -2.12. The number of hydrogen-bond acceptors (Lipinski definition) is 5. The van der Waals surface area contributed by atoms with Gasteiger partial charge < -0.3 is 24.4 Å². The summed E-state index contributed by atoms with van der Waals surface area (Å²) < 4.78 is 16.4. The highest BCUT2D eigenvalue weighted by Crippen LogP contribution is 2.35. The maximum absolute atomic E-state index is 5.68. The van der Waals surface area contributed by atoms with Crippen molar-refractivity contribution in [2.24, 2.45) is 0 Å². The van der Waals surface area contributed by atoms with Gasteiger partial charge >= 0.3 is 0 Å². The molecule has 116 valence electrons. The number of ether oxygens (including phenoxy) is 3. The van der Waals surface area contributed by atoms with Crippen LogP contribution in [-0.4, -0.2) is 38.9 Å². The standard InChI is InChI=1S/C17H20N2O3/c1-19(2)9-10-20-15-6-3-13(4-7-15)18-14-5-8-16-17(11-14)22-12-21-16/h3-8,11,18H,9-10,12H2,1-2H3. The zero-order valence-electron chi connectivity index (χ0n) is 12.8. The van der Waals surface area contributed by atoms with Gasteiger partial charge in [0.05, 0.1) is 0 Å². The highest BCUT2D eigenvalue weighted by atomic mass is 16.7. The zero-order chi connectivity index (χ0) is 15.4. The number of fused-ring (bicyclic) bond motifs is 1. The van der Waals surface area contributed by atoms with Crippen LogP contribution in [-0.2, 0) is 0 Å². The molecule has 1 heterocycles. The summed E-state index contributed by atoms with van der Waals surface area (Å²) in [5.74, 6) is 2.43. The van der Waals surface area contributed by atoms with Crippen molar-refractivity contribution >= 4 is 11.4 Å². The van der Waals surface area contributed by atoms with E-state index in [1.54, 1.807) is 0 Å². The van der Waals surface area contributed by atoms with E-state index in [1.807, 2.05) is 56.6 Å². The Morgan fingerprint density at radius 1 is 1.00 bits per heavy atom. The molecule has 0 aliphatic carbocycles. The fourth-order valence-electron chi connectivity index (χ4n) is 2.12. The van der Waals surface area contributed by atoms with Gasteiger partial charge in [-0.15, -0.1) is 0 Å². The first kappa shape index (κ1) is 14.5. The van der Waals surface area contributed by atoms with Crippen LogP contribution >= 0.6 is 0 Å². The van der Waals surface area contributed by atoms with Gasteiger partial charge in [-0.05, 0) is 50.5 Å². The van der Waals surface area contributed by atoms with E-state index in [-0.39, 0.29) is 6.79 Å². The predicted octanol–water partition coefficient (Wildman–Crippen LogP) is 3.10. The molecule has 3 rings (SSSR count). The molecule has 0 atom stereocenters. The summed E-state index contributed by atoms with van der Waals surface area (Å²) in [5, 5.41) is 3.34. The summed E-state index contributed by atoms with van der Waals surface area (Å²) in [6.07, 6.45) is 0. The Kier molecular flexibility index (Phi) is 4.34. The van der Waals surface area contributed by atoms with E-state index in [2.05, 4.69) is 10.2 Å². The minimum Gasteiger partial charge on any atom is -0.492 e. The molecule has 2 aromatic rings. The van der Waals surface area contributed by atoms with E-state index in [1.165, 1.54) is 0 Å². The van der Waals surface area contributed by atoms with Crippen LogP contribution in [0.1, 0.15) is 0 Å². The molecular formula is C17H20N2O3. The molecule has 0 bridgehead atoms. The first-order chi connectivity index (χ1) is 10.7. The summed E-state index contributed by atoms with van der Waals surface area (Å²) in [5.41, 5.74) is 1.96. The van der Waals surface area contributed by atoms with Crippen LogP contribution in [0.25, 0.3) is 0 Å². The van der Waals surface area contributed by atoms with Gasteiger partial charge in [-0.2, -0.15) is 0 Å². The quantitative estimate of drug-likeness (QED) is 0.888. The number of rotatable bonds is 6. The van der Waals surface area contributed by atoms with Crippen LogP contribution in [0, 0.1) is 0 Å². The van der Waals surface area contributed by atoms with Crippen molar-refractivity contribution in [3.8, 4) is 17.2 Å². The number of hydrogen-bond donors (Lipinski definition) is 1. The van der Waals surface area contributed by atoms with Gasteiger partial charge in [0.1, 0.15) is 12.4 Å². The Bertz CT molecular complexity index is 626. The first-order valence-electron chi connectivity index (χ1n) is 7.25. The van der Waals surface area contributed by atoms with Crippen LogP contribution in [0.15, 0.2) is 42.5 Å². The highest BCUT2D eigenvalue weighted by Gasteiger charge is 2.13. The van der Waals surface area contributed by atoms with Crippen LogP contribution < -0.4 is 19.5 Å². The molecule has 0 fully saturated rings. The van der Waals surface area contributed by atoms with Crippen molar-refractivity contribution < 1.29 is 14.2 Å². The third-order valence-corrected chi connectivity index (χ3v) is 3.32. The normalized spacial score (nSPS) is 12.5. The number of likely N-dealkylation sites (N-methyl/N-ethyl adjacent to an activating group) is 1. The zero-order valence-corrected chi connectivity index (χ0v) is 12.8. The minimum atomic E-state index is 0.289. The molecule has 0 aromatic heterocycles. The van der Waals surface area contributed by atoms with Gasteiger partial charge in [0.2, 0.25) is 6.79 Å². The second-order valence-electron chi connectivity index (χ2n) is 5.37. The molecule has 5 nitrogen and oxygen atoms in total. The molecule has 1 N–H and O–H groups in total. The Morgan fingerprint density at radius 3 is 2.50 bits per heavy atom. The second kappa shape index (κ2) is 6.58. The average molecular weight is 300 g/mol. The van der Waals surface area contributed by atoms with E-state index >= 15 is 0 Å². The highest BCUT2D eigenvalue weighted by molar-refractivity contribution is 5.64. The van der Waals surface area contributed by atoms with Crippen molar-refractivity contribution in [1.82, 2.24) is 4.90 Å². The van der Waals surface area contributed by atoms with Gasteiger partial charge in [-0.3, -0.25) is 0 Å². The molecule has 0 spiro atoms. The summed E-state index contributed by atoms with van der Waals surface area (Å²) >= 11 is 0. The average Bonchev–Trinajstić information content (AvgIpc) is 2.96. The van der Waals surface area contributed by atoms with E-state index < -0.39 is 0 Å². The minimum absolute atomic E-state index is 0.289. The molecular weight excluding hydrogens is 280 g/mol. The maximum atomic E-state index is 5.68. The van der Waals surface area contributed by atoms with Crippen LogP contribution in [0.5, 0.6) is 17.2 Å². The van der Waals surface area contributed by atoms with E-state index in [0.29, 0.717) is 6.61 Å². The number of anilines is 2. The van der Waals surface area contributed by atoms with Gasteiger partial charge in [0.25, 0.3) is 0 Å². The molecule has 0 saturated heterocycles. The van der Waals surface area contributed by atoms with Gasteiger partial charge in [-0.25, -0.2) is 0 Å². The van der Waals surface area contributed by atoms with E-state index in [4.69, 9.17) is 14.2 Å². The van der Waals surface area contributed by atoms with Crippen molar-refractivity contribution in [1.29, 1.82) is 0 Å². The Balaban J connectivity index is 1.59. The van der Waals surface area contributed by atoms with Crippen molar-refractivity contribution in [2.45, 2.75) is 0 Å². The lowest BCUT2D eigenvalue weighted by atomic mass is 10.2. The summed E-state index contributed by atoms with van der Waals surface area (Å²) in [6.45, 7) is 1.87. The summed E-state index contributed by atoms with van der Waals surface area (Å²) in [6, 6.07) is 13.7. The molecule has 0 saturated carbocycles. The predicted molar refractivity (Wildman–Crippen MR) is 86.3 cm³/mol. The van der Waals surface area contributed by atoms with E-state index in [9.17, 15) is 0 Å². The third-order valence-electron chi connectivity index (χ3n) is 3.32. The number of benzene rings is 2. The topological polar surface area (TPSA) is 43.0 Å².